The minimum Gasteiger partial charge on any atom is -0.300 e. The van der Waals surface area contributed by atoms with Crippen molar-refractivity contribution in [1.29, 1.82) is 5.41 Å². The van der Waals surface area contributed by atoms with Crippen LogP contribution in [0.15, 0.2) is 169 Å². The maximum atomic E-state index is 9.13. The topological polar surface area (TPSA) is 41.1 Å². The van der Waals surface area contributed by atoms with Gasteiger partial charge in [-0.3, -0.25) is 4.57 Å². The van der Waals surface area contributed by atoms with Gasteiger partial charge in [-0.05, 0) is 58.3 Å². The van der Waals surface area contributed by atoms with Gasteiger partial charge in [0, 0.05) is 42.1 Å². The van der Waals surface area contributed by atoms with E-state index >= 15 is 0 Å². The minimum atomic E-state index is 0.406. The molecule has 2 heterocycles. The number of nitrogens with one attached hydrogen (secondary N) is 1. The van der Waals surface area contributed by atoms with Crippen molar-refractivity contribution in [2.24, 2.45) is 4.99 Å². The molecule has 0 aliphatic heterocycles. The van der Waals surface area contributed by atoms with Crippen molar-refractivity contribution in [3.63, 3.8) is 0 Å². The number of para-hydroxylation sites is 1. The van der Waals surface area contributed by atoms with Gasteiger partial charge in [-0.1, -0.05) is 127 Å². The van der Waals surface area contributed by atoms with Crippen LogP contribution in [-0.2, 0) is 0 Å². The molecule has 0 amide bonds. The van der Waals surface area contributed by atoms with Crippen LogP contribution in [0, 0.1) is 5.41 Å². The van der Waals surface area contributed by atoms with Crippen LogP contribution in [0.2, 0.25) is 0 Å². The SMILES string of the molecule is N=C(/C=C(\N=Cn1c2ccccc2c2c3ccc4sc5ccccc5c4c3ccc21)c1ccccc1)c1cccc(-c2ccccc2)c1. The first-order valence-corrected chi connectivity index (χ1v) is 16.9. The lowest BCUT2D eigenvalue weighted by atomic mass is 9.99. The van der Waals surface area contributed by atoms with Gasteiger partial charge in [-0.25, -0.2) is 4.99 Å². The molecule has 3 nitrogen and oxygen atoms in total. The predicted molar refractivity (Wildman–Crippen MR) is 207 cm³/mol. The molecule has 48 heavy (non-hydrogen) atoms. The molecular formula is C44H29N3S. The normalized spacial score (nSPS) is 12.3. The second kappa shape index (κ2) is 11.6. The summed E-state index contributed by atoms with van der Waals surface area (Å²) in [5.41, 5.74) is 7.34. The van der Waals surface area contributed by atoms with Gasteiger partial charge in [0.1, 0.15) is 6.34 Å². The summed E-state index contributed by atoms with van der Waals surface area (Å²) in [5, 5.41) is 16.7. The van der Waals surface area contributed by atoms with Crippen molar-refractivity contribution in [2.45, 2.75) is 0 Å². The third-order valence-electron chi connectivity index (χ3n) is 9.15. The van der Waals surface area contributed by atoms with Gasteiger partial charge in [0.15, 0.2) is 0 Å². The fourth-order valence-electron chi connectivity index (χ4n) is 6.89. The summed E-state index contributed by atoms with van der Waals surface area (Å²) in [7, 11) is 0. The average molecular weight is 632 g/mol. The number of aromatic nitrogens is 1. The van der Waals surface area contributed by atoms with Crippen LogP contribution in [0.5, 0.6) is 0 Å². The van der Waals surface area contributed by atoms with E-state index in [-0.39, 0.29) is 0 Å². The van der Waals surface area contributed by atoms with Gasteiger partial charge in [0.05, 0.1) is 22.4 Å². The standard InChI is InChI=1S/C44H29N3S/c45-37(32-17-11-16-31(26-32)29-12-3-1-4-13-29)27-38(30-14-5-2-6-15-30)46-28-47-39-20-9-7-18-35(39)43-33-23-25-42-44(34(33)22-24-40(43)47)36-19-8-10-21-41(36)48-42/h1-28,45H/b38-27-,45-37?,46-28?. The highest BCUT2D eigenvalue weighted by atomic mass is 32.1. The number of hydrogen-bond acceptors (Lipinski definition) is 3. The molecule has 226 valence electrons. The van der Waals surface area contributed by atoms with Gasteiger partial charge in [0.2, 0.25) is 0 Å². The number of allylic oxidation sites excluding steroid dienone is 1. The molecule has 0 unspecified atom stereocenters. The number of hydrogen-bond donors (Lipinski definition) is 1. The largest absolute Gasteiger partial charge is 0.300 e. The second-order valence-electron chi connectivity index (χ2n) is 12.0. The first kappa shape index (κ1) is 28.1. The highest BCUT2D eigenvalue weighted by Crippen LogP contribution is 2.42. The highest BCUT2D eigenvalue weighted by Gasteiger charge is 2.16. The lowest BCUT2D eigenvalue weighted by Gasteiger charge is -2.08. The van der Waals surface area contributed by atoms with Crippen LogP contribution in [0.25, 0.3) is 69.6 Å². The zero-order valence-electron chi connectivity index (χ0n) is 26.0. The molecule has 0 radical (unpaired) electrons. The van der Waals surface area contributed by atoms with Crippen molar-refractivity contribution in [2.75, 3.05) is 0 Å². The molecule has 0 saturated heterocycles. The Bertz CT molecular complexity index is 2730. The smallest absolute Gasteiger partial charge is 0.100 e. The Kier molecular flexibility index (Phi) is 6.81. The maximum absolute atomic E-state index is 9.13. The van der Waals surface area contributed by atoms with Crippen LogP contribution >= 0.6 is 11.3 Å². The predicted octanol–water partition coefficient (Wildman–Crippen LogP) is 12.0. The van der Waals surface area contributed by atoms with E-state index in [1.54, 1.807) is 0 Å². The quantitative estimate of drug-likeness (QED) is 0.140. The van der Waals surface area contributed by atoms with E-state index in [1.165, 1.54) is 41.7 Å². The Hall–Kier alpha value is -6.10. The molecule has 7 aromatic carbocycles. The number of rotatable bonds is 6. The van der Waals surface area contributed by atoms with E-state index in [1.807, 2.05) is 84.4 Å². The van der Waals surface area contributed by atoms with Gasteiger partial charge in [-0.15, -0.1) is 11.3 Å². The van der Waals surface area contributed by atoms with E-state index in [0.29, 0.717) is 5.71 Å². The number of aliphatic imine (C=N–C) groups is 1. The average Bonchev–Trinajstić information content (AvgIpc) is 3.70. The monoisotopic (exact) mass is 631 g/mol. The highest BCUT2D eigenvalue weighted by molar-refractivity contribution is 7.26. The Morgan fingerprint density at radius 2 is 1.19 bits per heavy atom. The molecule has 0 fully saturated rings. The Morgan fingerprint density at radius 1 is 0.521 bits per heavy atom. The molecular weight excluding hydrogens is 603 g/mol. The van der Waals surface area contributed by atoms with Gasteiger partial charge in [-0.2, -0.15) is 0 Å². The first-order valence-electron chi connectivity index (χ1n) is 16.0. The zero-order valence-corrected chi connectivity index (χ0v) is 26.8. The first-order chi connectivity index (χ1) is 23.7. The molecule has 0 aliphatic rings. The molecule has 0 bridgehead atoms. The van der Waals surface area contributed by atoms with E-state index in [2.05, 4.69) is 102 Å². The van der Waals surface area contributed by atoms with Crippen LogP contribution in [0.4, 0.5) is 0 Å². The maximum Gasteiger partial charge on any atom is 0.100 e. The number of nitrogens with zero attached hydrogens (tertiary/aromatic N) is 2. The molecule has 2 aromatic heterocycles. The lowest BCUT2D eigenvalue weighted by Crippen LogP contribution is -1.99. The van der Waals surface area contributed by atoms with E-state index < -0.39 is 0 Å². The molecule has 0 spiro atoms. The summed E-state index contributed by atoms with van der Waals surface area (Å²) in [6.07, 6.45) is 3.79. The fourth-order valence-corrected chi connectivity index (χ4v) is 8.01. The van der Waals surface area contributed by atoms with E-state index in [4.69, 9.17) is 10.4 Å². The van der Waals surface area contributed by atoms with Crippen LogP contribution in [0.3, 0.4) is 0 Å². The molecule has 0 atom stereocenters. The van der Waals surface area contributed by atoms with E-state index in [0.717, 1.165) is 39.0 Å². The number of fused-ring (bicyclic) bond motifs is 9. The van der Waals surface area contributed by atoms with Crippen LogP contribution < -0.4 is 0 Å². The summed E-state index contributed by atoms with van der Waals surface area (Å²) >= 11 is 1.85. The molecule has 0 saturated carbocycles. The minimum absolute atomic E-state index is 0.406. The Labute approximate surface area is 281 Å². The van der Waals surface area contributed by atoms with Crippen molar-refractivity contribution < 1.29 is 0 Å². The molecule has 9 aromatic rings. The summed E-state index contributed by atoms with van der Waals surface area (Å²) in [5.74, 6) is 0. The molecule has 0 aliphatic carbocycles. The van der Waals surface area contributed by atoms with Gasteiger partial charge >= 0.3 is 0 Å². The Morgan fingerprint density at radius 3 is 2.04 bits per heavy atom. The molecule has 1 N–H and O–H groups in total. The fraction of sp³-hybridized carbons (Fsp3) is 0. The third kappa shape index (κ3) is 4.74. The summed E-state index contributed by atoms with van der Waals surface area (Å²) in [4.78, 5) is 5.11. The third-order valence-corrected chi connectivity index (χ3v) is 10.3. The van der Waals surface area contributed by atoms with Crippen molar-refractivity contribution in [1.82, 2.24) is 4.57 Å². The summed E-state index contributed by atoms with van der Waals surface area (Å²) in [6.45, 7) is 0. The van der Waals surface area contributed by atoms with Crippen molar-refractivity contribution in [3.8, 4) is 11.1 Å². The van der Waals surface area contributed by atoms with Crippen molar-refractivity contribution in [3.05, 3.63) is 175 Å². The van der Waals surface area contributed by atoms with Crippen LogP contribution in [-0.4, -0.2) is 16.6 Å². The second-order valence-corrected chi connectivity index (χ2v) is 13.1. The molecule has 9 rings (SSSR count). The van der Waals surface area contributed by atoms with Gasteiger partial charge < -0.3 is 5.41 Å². The summed E-state index contributed by atoms with van der Waals surface area (Å²) in [6, 6.07) is 54.9. The summed E-state index contributed by atoms with van der Waals surface area (Å²) < 4.78 is 4.81. The number of benzene rings is 7. The van der Waals surface area contributed by atoms with Gasteiger partial charge in [0.25, 0.3) is 0 Å². The number of thiophene rings is 1. The van der Waals surface area contributed by atoms with Crippen molar-refractivity contribution >= 4 is 81.8 Å². The zero-order chi connectivity index (χ0) is 32.0. The van der Waals surface area contributed by atoms with Crippen LogP contribution in [0.1, 0.15) is 11.1 Å². The lowest BCUT2D eigenvalue weighted by molar-refractivity contribution is 1.31. The molecule has 4 heteroatoms. The van der Waals surface area contributed by atoms with E-state index in [9.17, 15) is 0 Å². The Balaban J connectivity index is 1.20.